The van der Waals surface area contributed by atoms with Crippen LogP contribution in [0, 0.1) is 13.8 Å². The summed E-state index contributed by atoms with van der Waals surface area (Å²) >= 11 is 0. The first-order valence-corrected chi connectivity index (χ1v) is 10.8. The number of benzene rings is 1. The van der Waals surface area contributed by atoms with Crippen LogP contribution in [0.2, 0.25) is 0 Å². The predicted molar refractivity (Wildman–Crippen MR) is 104 cm³/mol. The van der Waals surface area contributed by atoms with Gasteiger partial charge in [0.2, 0.25) is 15.9 Å². The Hall–Kier alpha value is -2.23. The minimum absolute atomic E-state index is 0.0135. The molecule has 1 aromatic heterocycles. The second-order valence-electron chi connectivity index (χ2n) is 7.10. The van der Waals surface area contributed by atoms with Gasteiger partial charge in [-0.25, -0.2) is 8.42 Å². The normalized spacial score (nSPS) is 17.7. The van der Waals surface area contributed by atoms with Crippen molar-refractivity contribution in [1.82, 2.24) is 14.1 Å². The summed E-state index contributed by atoms with van der Waals surface area (Å²) < 4.78 is 34.3. The van der Waals surface area contributed by atoms with Crippen molar-refractivity contribution in [3.63, 3.8) is 0 Å². The molecule has 1 saturated heterocycles. The number of morpholine rings is 1. The number of hydrogen-bond donors (Lipinski definition) is 0. The summed E-state index contributed by atoms with van der Waals surface area (Å²) in [7, 11) is -3.66. The van der Waals surface area contributed by atoms with Crippen LogP contribution in [0.5, 0.6) is 0 Å². The lowest BCUT2D eigenvalue weighted by Crippen LogP contribution is -2.41. The maximum Gasteiger partial charge on any atom is 0.248 e. The van der Waals surface area contributed by atoms with E-state index < -0.39 is 10.0 Å². The number of ether oxygens (including phenoxy) is 1. The van der Waals surface area contributed by atoms with Crippen LogP contribution in [0.15, 0.2) is 29.2 Å². The SMILES string of the molecule is Cc1nn(CC(=O)N2CCc3ccccc32)c(C)c1S(=O)(=O)N1CCOCC1. The Morgan fingerprint density at radius 1 is 1.14 bits per heavy atom. The van der Waals surface area contributed by atoms with Crippen LogP contribution in [0.1, 0.15) is 17.0 Å². The van der Waals surface area contributed by atoms with E-state index in [0.29, 0.717) is 44.2 Å². The highest BCUT2D eigenvalue weighted by Crippen LogP contribution is 2.28. The molecule has 0 aliphatic carbocycles. The topological polar surface area (TPSA) is 84.7 Å². The Morgan fingerprint density at radius 3 is 2.61 bits per heavy atom. The molecule has 28 heavy (non-hydrogen) atoms. The van der Waals surface area contributed by atoms with Crippen LogP contribution in [0.3, 0.4) is 0 Å². The van der Waals surface area contributed by atoms with Gasteiger partial charge >= 0.3 is 0 Å². The highest BCUT2D eigenvalue weighted by atomic mass is 32.2. The fourth-order valence-corrected chi connectivity index (χ4v) is 5.72. The lowest BCUT2D eigenvalue weighted by atomic mass is 10.2. The van der Waals surface area contributed by atoms with Crippen molar-refractivity contribution in [2.75, 3.05) is 37.7 Å². The van der Waals surface area contributed by atoms with Gasteiger partial charge in [0.25, 0.3) is 0 Å². The number of carbonyl (C=O) groups is 1. The van der Waals surface area contributed by atoms with Crippen molar-refractivity contribution in [3.8, 4) is 0 Å². The zero-order chi connectivity index (χ0) is 19.9. The lowest BCUT2D eigenvalue weighted by molar-refractivity contribution is -0.119. The quantitative estimate of drug-likeness (QED) is 0.762. The van der Waals surface area contributed by atoms with Crippen LogP contribution < -0.4 is 4.90 Å². The molecule has 4 rings (SSSR count). The Labute approximate surface area is 164 Å². The van der Waals surface area contributed by atoms with E-state index in [-0.39, 0.29) is 17.3 Å². The third kappa shape index (κ3) is 3.23. The zero-order valence-corrected chi connectivity index (χ0v) is 16.9. The van der Waals surface area contributed by atoms with Crippen molar-refractivity contribution >= 4 is 21.6 Å². The first kappa shape index (κ1) is 19.1. The highest BCUT2D eigenvalue weighted by Gasteiger charge is 2.33. The van der Waals surface area contributed by atoms with E-state index in [1.165, 1.54) is 8.99 Å². The molecule has 150 valence electrons. The maximum atomic E-state index is 13.1. The van der Waals surface area contributed by atoms with Crippen molar-refractivity contribution in [1.29, 1.82) is 0 Å². The van der Waals surface area contributed by atoms with Gasteiger partial charge in [-0.05, 0) is 31.9 Å². The predicted octanol–water partition coefficient (Wildman–Crippen LogP) is 1.11. The first-order valence-electron chi connectivity index (χ1n) is 9.40. The van der Waals surface area contributed by atoms with Gasteiger partial charge in [0.1, 0.15) is 11.4 Å². The number of rotatable bonds is 4. The first-order chi connectivity index (χ1) is 13.4. The van der Waals surface area contributed by atoms with Crippen molar-refractivity contribution in [2.45, 2.75) is 31.7 Å². The molecule has 0 unspecified atom stereocenters. The molecule has 1 amide bonds. The molecule has 0 saturated carbocycles. The Morgan fingerprint density at radius 2 is 1.86 bits per heavy atom. The third-order valence-electron chi connectivity index (χ3n) is 5.36. The Balaban J connectivity index is 1.59. The van der Waals surface area contributed by atoms with Crippen molar-refractivity contribution < 1.29 is 17.9 Å². The second-order valence-corrected chi connectivity index (χ2v) is 8.97. The highest BCUT2D eigenvalue weighted by molar-refractivity contribution is 7.89. The summed E-state index contributed by atoms with van der Waals surface area (Å²) in [5.74, 6) is -0.0918. The summed E-state index contributed by atoms with van der Waals surface area (Å²) in [6, 6.07) is 7.85. The van der Waals surface area contributed by atoms with Crippen LogP contribution in [-0.2, 0) is 32.5 Å². The molecule has 0 N–H and O–H groups in total. The number of fused-ring (bicyclic) bond motifs is 1. The number of nitrogens with zero attached hydrogens (tertiary/aromatic N) is 4. The number of aromatic nitrogens is 2. The zero-order valence-electron chi connectivity index (χ0n) is 16.1. The van der Waals surface area contributed by atoms with Gasteiger partial charge in [0, 0.05) is 25.3 Å². The van der Waals surface area contributed by atoms with Gasteiger partial charge in [0.15, 0.2) is 0 Å². The summed E-state index contributed by atoms with van der Waals surface area (Å²) in [4.78, 5) is 14.8. The fourth-order valence-electron chi connectivity index (χ4n) is 3.93. The molecular formula is C19H24N4O4S. The Bertz CT molecular complexity index is 1010. The number of aryl methyl sites for hydroxylation is 1. The molecular weight excluding hydrogens is 380 g/mol. The van der Waals surface area contributed by atoms with Crippen molar-refractivity contribution in [2.24, 2.45) is 0 Å². The maximum absolute atomic E-state index is 13.1. The van der Waals surface area contributed by atoms with Gasteiger partial charge < -0.3 is 9.64 Å². The van der Waals surface area contributed by atoms with Gasteiger partial charge in [0.05, 0.1) is 24.6 Å². The third-order valence-corrected chi connectivity index (χ3v) is 7.51. The summed E-state index contributed by atoms with van der Waals surface area (Å²) in [5.41, 5.74) is 2.98. The standard InChI is InChI=1S/C19H24N4O4S/c1-14-19(28(25,26)21-9-11-27-12-10-21)15(2)23(20-14)13-18(24)22-8-7-16-5-3-4-6-17(16)22/h3-6H,7-13H2,1-2H3. The van der Waals surface area contributed by atoms with E-state index in [9.17, 15) is 13.2 Å². The van der Waals surface area contributed by atoms with Crippen LogP contribution in [-0.4, -0.2) is 61.3 Å². The Kier molecular flexibility index (Phi) is 4.98. The fraction of sp³-hybridized carbons (Fsp3) is 0.474. The largest absolute Gasteiger partial charge is 0.379 e. The van der Waals surface area contributed by atoms with Gasteiger partial charge in [-0.15, -0.1) is 0 Å². The van der Waals surface area contributed by atoms with E-state index in [1.807, 2.05) is 24.3 Å². The van der Waals surface area contributed by atoms with E-state index in [2.05, 4.69) is 5.10 Å². The number of sulfonamides is 1. The van der Waals surface area contributed by atoms with E-state index in [0.717, 1.165) is 17.7 Å². The smallest absolute Gasteiger partial charge is 0.248 e. The molecule has 2 aliphatic heterocycles. The molecule has 2 aliphatic rings. The molecule has 1 aromatic carbocycles. The lowest BCUT2D eigenvalue weighted by Gasteiger charge is -2.26. The monoisotopic (exact) mass is 404 g/mol. The molecule has 9 heteroatoms. The van der Waals surface area contributed by atoms with Crippen LogP contribution in [0.4, 0.5) is 5.69 Å². The summed E-state index contributed by atoms with van der Waals surface area (Å²) in [6.45, 7) is 5.46. The average molecular weight is 404 g/mol. The van der Waals surface area contributed by atoms with Gasteiger partial charge in [-0.1, -0.05) is 18.2 Å². The molecule has 0 spiro atoms. The minimum Gasteiger partial charge on any atom is -0.379 e. The van der Waals surface area contributed by atoms with Gasteiger partial charge in [-0.3, -0.25) is 9.48 Å². The molecule has 3 heterocycles. The van der Waals surface area contributed by atoms with E-state index in [1.54, 1.807) is 18.7 Å². The molecule has 8 nitrogen and oxygen atoms in total. The van der Waals surface area contributed by atoms with Crippen LogP contribution in [0.25, 0.3) is 0 Å². The summed E-state index contributed by atoms with van der Waals surface area (Å²) in [6.07, 6.45) is 0.829. The number of para-hydroxylation sites is 1. The van der Waals surface area contributed by atoms with Crippen molar-refractivity contribution in [3.05, 3.63) is 41.2 Å². The minimum atomic E-state index is -3.66. The van der Waals surface area contributed by atoms with Crippen LogP contribution >= 0.6 is 0 Å². The molecule has 0 bridgehead atoms. The van der Waals surface area contributed by atoms with E-state index in [4.69, 9.17) is 4.74 Å². The molecule has 0 atom stereocenters. The summed E-state index contributed by atoms with van der Waals surface area (Å²) in [5, 5.41) is 4.37. The number of carbonyl (C=O) groups excluding carboxylic acids is 1. The number of hydrogen-bond acceptors (Lipinski definition) is 5. The second kappa shape index (κ2) is 7.31. The molecule has 2 aromatic rings. The number of anilines is 1. The number of amides is 1. The van der Waals surface area contributed by atoms with E-state index >= 15 is 0 Å². The molecule has 1 fully saturated rings. The molecule has 0 radical (unpaired) electrons. The average Bonchev–Trinajstić information content (AvgIpc) is 3.23. The van der Waals surface area contributed by atoms with Gasteiger partial charge in [-0.2, -0.15) is 9.40 Å².